The van der Waals surface area contributed by atoms with Gasteiger partial charge in [0.1, 0.15) is 5.75 Å². The molecule has 3 heterocycles. The first-order valence-corrected chi connectivity index (χ1v) is 12.7. The molecule has 1 spiro atoms. The summed E-state index contributed by atoms with van der Waals surface area (Å²) in [5.74, 6) is 0.796. The van der Waals surface area contributed by atoms with Crippen LogP contribution in [0.3, 0.4) is 0 Å². The van der Waals surface area contributed by atoms with Crippen LogP contribution in [-0.2, 0) is 9.53 Å². The standard InChI is InChI=1S/C26H39N3O4/c30-24(9-16-28-14-4-5-15-28)29-17-11-26(12-18-29)10-3-6-19-32-20-13-27-25(31)22-7-1-2-8-23(22)33-21-26/h1-2,7-8H,3-6,9-21H2,(H,27,31). The van der Waals surface area contributed by atoms with Crippen LogP contribution in [0.25, 0.3) is 0 Å². The van der Waals surface area contributed by atoms with Gasteiger partial charge in [-0.05, 0) is 63.7 Å². The van der Waals surface area contributed by atoms with Crippen molar-refractivity contribution in [2.24, 2.45) is 5.41 Å². The van der Waals surface area contributed by atoms with Gasteiger partial charge in [-0.25, -0.2) is 0 Å². The fraction of sp³-hybridized carbons (Fsp3) is 0.692. The van der Waals surface area contributed by atoms with Gasteiger partial charge in [-0.3, -0.25) is 9.59 Å². The summed E-state index contributed by atoms with van der Waals surface area (Å²) in [6.07, 6.45) is 8.18. The number of benzene rings is 1. The summed E-state index contributed by atoms with van der Waals surface area (Å²) in [5.41, 5.74) is 0.596. The summed E-state index contributed by atoms with van der Waals surface area (Å²) in [6.45, 7) is 7.06. The van der Waals surface area contributed by atoms with Gasteiger partial charge in [0, 0.05) is 44.6 Å². The highest BCUT2D eigenvalue weighted by Gasteiger charge is 2.36. The lowest BCUT2D eigenvalue weighted by molar-refractivity contribution is -0.134. The van der Waals surface area contributed by atoms with Crippen LogP contribution < -0.4 is 10.1 Å². The molecule has 0 radical (unpaired) electrons. The van der Waals surface area contributed by atoms with Gasteiger partial charge in [0.05, 0.1) is 18.8 Å². The minimum Gasteiger partial charge on any atom is -0.492 e. The number of ether oxygens (including phenoxy) is 2. The number of fused-ring (bicyclic) bond motifs is 1. The molecule has 3 aliphatic heterocycles. The molecule has 182 valence electrons. The molecule has 1 aromatic carbocycles. The molecular weight excluding hydrogens is 418 g/mol. The molecule has 33 heavy (non-hydrogen) atoms. The van der Waals surface area contributed by atoms with E-state index in [2.05, 4.69) is 15.1 Å². The molecule has 3 aliphatic rings. The maximum atomic E-state index is 12.8. The smallest absolute Gasteiger partial charge is 0.255 e. The highest BCUT2D eigenvalue weighted by atomic mass is 16.5. The van der Waals surface area contributed by atoms with E-state index >= 15 is 0 Å². The second-order valence-electron chi connectivity index (χ2n) is 9.79. The van der Waals surface area contributed by atoms with Crippen molar-refractivity contribution in [1.29, 1.82) is 0 Å². The summed E-state index contributed by atoms with van der Waals surface area (Å²) >= 11 is 0. The number of carbonyl (C=O) groups excluding carboxylic acids is 2. The van der Waals surface area contributed by atoms with Crippen LogP contribution in [0.15, 0.2) is 24.3 Å². The molecule has 7 nitrogen and oxygen atoms in total. The molecule has 2 saturated heterocycles. The molecule has 0 bridgehead atoms. The Morgan fingerprint density at radius 2 is 1.76 bits per heavy atom. The molecule has 0 aliphatic carbocycles. The summed E-state index contributed by atoms with van der Waals surface area (Å²) in [7, 11) is 0. The average molecular weight is 458 g/mol. The summed E-state index contributed by atoms with van der Waals surface area (Å²) in [4.78, 5) is 29.9. The number of piperidine rings is 1. The summed E-state index contributed by atoms with van der Waals surface area (Å²) in [6, 6.07) is 7.46. The van der Waals surface area contributed by atoms with Crippen molar-refractivity contribution in [2.45, 2.75) is 51.4 Å². The largest absolute Gasteiger partial charge is 0.492 e. The third-order valence-electron chi connectivity index (χ3n) is 7.46. The lowest BCUT2D eigenvalue weighted by Gasteiger charge is -2.42. The van der Waals surface area contributed by atoms with Crippen LogP contribution in [0.5, 0.6) is 5.75 Å². The van der Waals surface area contributed by atoms with Gasteiger partial charge >= 0.3 is 0 Å². The van der Waals surface area contributed by atoms with E-state index in [9.17, 15) is 9.59 Å². The summed E-state index contributed by atoms with van der Waals surface area (Å²) in [5, 5.41) is 2.92. The number of hydrogen-bond donors (Lipinski definition) is 1. The number of hydrogen-bond acceptors (Lipinski definition) is 5. The maximum absolute atomic E-state index is 12.8. The Bertz CT molecular complexity index is 785. The average Bonchev–Trinajstić information content (AvgIpc) is 3.37. The van der Waals surface area contributed by atoms with Crippen molar-refractivity contribution in [3.8, 4) is 5.75 Å². The minimum absolute atomic E-state index is 0.0272. The monoisotopic (exact) mass is 457 g/mol. The predicted molar refractivity (Wildman–Crippen MR) is 127 cm³/mol. The molecule has 0 unspecified atom stereocenters. The van der Waals surface area contributed by atoms with E-state index < -0.39 is 0 Å². The molecule has 7 heteroatoms. The van der Waals surface area contributed by atoms with Gasteiger partial charge in [0.25, 0.3) is 5.91 Å². The molecule has 1 aromatic rings. The van der Waals surface area contributed by atoms with Crippen molar-refractivity contribution in [1.82, 2.24) is 15.1 Å². The van der Waals surface area contributed by atoms with Crippen LogP contribution in [0.4, 0.5) is 0 Å². The number of para-hydroxylation sites is 1. The van der Waals surface area contributed by atoms with Crippen LogP contribution in [-0.4, -0.2) is 80.7 Å². The zero-order valence-corrected chi connectivity index (χ0v) is 19.9. The van der Waals surface area contributed by atoms with E-state index in [0.717, 1.165) is 64.8 Å². The lowest BCUT2D eigenvalue weighted by Crippen LogP contribution is -2.46. The van der Waals surface area contributed by atoms with E-state index in [4.69, 9.17) is 9.47 Å². The zero-order valence-electron chi connectivity index (χ0n) is 19.9. The quantitative estimate of drug-likeness (QED) is 0.755. The van der Waals surface area contributed by atoms with Gasteiger partial charge in [0.15, 0.2) is 0 Å². The number of nitrogens with zero attached hydrogens (tertiary/aromatic N) is 2. The van der Waals surface area contributed by atoms with Crippen molar-refractivity contribution in [2.75, 3.05) is 59.1 Å². The van der Waals surface area contributed by atoms with Crippen molar-refractivity contribution >= 4 is 11.8 Å². The molecule has 0 aromatic heterocycles. The molecule has 2 amide bonds. The Morgan fingerprint density at radius 3 is 2.58 bits per heavy atom. The predicted octanol–water partition coefficient (Wildman–Crippen LogP) is 3.09. The highest BCUT2D eigenvalue weighted by molar-refractivity contribution is 5.96. The Balaban J connectivity index is 1.37. The van der Waals surface area contributed by atoms with Crippen molar-refractivity contribution in [3.63, 3.8) is 0 Å². The molecular formula is C26H39N3O4. The Labute approximate surface area is 197 Å². The van der Waals surface area contributed by atoms with E-state index in [0.29, 0.717) is 44.1 Å². The first-order valence-electron chi connectivity index (χ1n) is 12.7. The Hall–Kier alpha value is -2.12. The van der Waals surface area contributed by atoms with Crippen LogP contribution in [0, 0.1) is 5.41 Å². The summed E-state index contributed by atoms with van der Waals surface area (Å²) < 4.78 is 12.0. The SMILES string of the molecule is O=C1NCCOCCCCC2(CCN(C(=O)CCN3CCCC3)CC2)COc2ccccc21. The highest BCUT2D eigenvalue weighted by Crippen LogP contribution is 2.38. The Morgan fingerprint density at radius 1 is 0.970 bits per heavy atom. The molecule has 0 saturated carbocycles. The number of amides is 2. The van der Waals surface area contributed by atoms with Crippen LogP contribution in [0.1, 0.15) is 61.7 Å². The van der Waals surface area contributed by atoms with E-state index in [1.807, 2.05) is 24.3 Å². The minimum atomic E-state index is -0.126. The normalized spacial score (nSPS) is 22.8. The Kier molecular flexibility index (Phi) is 8.62. The van der Waals surface area contributed by atoms with E-state index in [-0.39, 0.29) is 17.2 Å². The number of likely N-dealkylation sites (tertiary alicyclic amines) is 2. The number of carbonyl (C=O) groups is 2. The second kappa shape index (κ2) is 11.8. The van der Waals surface area contributed by atoms with Crippen molar-refractivity contribution < 1.29 is 19.1 Å². The molecule has 2 fully saturated rings. The van der Waals surface area contributed by atoms with Crippen LogP contribution in [0.2, 0.25) is 0 Å². The van der Waals surface area contributed by atoms with E-state index in [1.54, 1.807) is 0 Å². The molecule has 4 rings (SSSR count). The molecule has 0 atom stereocenters. The maximum Gasteiger partial charge on any atom is 0.255 e. The van der Waals surface area contributed by atoms with Gasteiger partial charge in [0.2, 0.25) is 5.91 Å². The van der Waals surface area contributed by atoms with Crippen molar-refractivity contribution in [3.05, 3.63) is 29.8 Å². The van der Waals surface area contributed by atoms with Gasteiger partial charge in [-0.15, -0.1) is 0 Å². The number of nitrogens with one attached hydrogen (secondary N) is 1. The van der Waals surface area contributed by atoms with Gasteiger partial charge in [-0.1, -0.05) is 18.6 Å². The molecule has 1 N–H and O–H groups in total. The lowest BCUT2D eigenvalue weighted by atomic mass is 9.75. The first kappa shape index (κ1) is 24.0. The van der Waals surface area contributed by atoms with Crippen LogP contribution >= 0.6 is 0 Å². The first-order chi connectivity index (χ1) is 16.2. The topological polar surface area (TPSA) is 71.1 Å². The second-order valence-corrected chi connectivity index (χ2v) is 9.79. The van der Waals surface area contributed by atoms with Gasteiger partial charge < -0.3 is 24.6 Å². The third-order valence-corrected chi connectivity index (χ3v) is 7.46. The number of rotatable bonds is 3. The fourth-order valence-electron chi connectivity index (χ4n) is 5.26. The van der Waals surface area contributed by atoms with E-state index in [1.165, 1.54) is 12.8 Å². The fourth-order valence-corrected chi connectivity index (χ4v) is 5.26. The zero-order chi connectivity index (χ0) is 22.9. The third kappa shape index (κ3) is 6.70. The van der Waals surface area contributed by atoms with Gasteiger partial charge in [-0.2, -0.15) is 0 Å².